The first-order valence-electron chi connectivity index (χ1n) is 7.07. The topological polar surface area (TPSA) is 81.4 Å². The highest BCUT2D eigenvalue weighted by atomic mass is 32.1. The molecule has 0 radical (unpaired) electrons. The van der Waals surface area contributed by atoms with Crippen LogP contribution in [0, 0.1) is 12.7 Å². The molecule has 124 valence electrons. The number of hydrogen-bond acceptors (Lipinski definition) is 6. The second-order valence-electron chi connectivity index (χ2n) is 5.12. The lowest BCUT2D eigenvalue weighted by Gasteiger charge is -2.11. The molecule has 1 amide bonds. The van der Waals surface area contributed by atoms with Gasteiger partial charge in [-0.2, -0.15) is 0 Å². The number of carbonyl (C=O) groups excluding carboxylic acids is 2. The normalized spacial score (nSPS) is 12.1. The number of aryl methyl sites for hydroxylation is 1. The predicted octanol–water partition coefficient (Wildman–Crippen LogP) is 3.52. The standard InChI is InChI=1S/C16H13FN2O4S/c1-8-6-14(19-23-8)18-15(20)9(2)22-16(21)13-7-10-11(17)4-3-5-12(10)24-13/h3-7,9H,1-2H3,(H,18,19,20)/t9-/m1/s1. The highest BCUT2D eigenvalue weighted by molar-refractivity contribution is 7.20. The Labute approximate surface area is 140 Å². The number of carbonyl (C=O) groups is 2. The molecule has 6 nitrogen and oxygen atoms in total. The van der Waals surface area contributed by atoms with Crippen LogP contribution in [0.25, 0.3) is 10.1 Å². The molecule has 2 aromatic heterocycles. The van der Waals surface area contributed by atoms with Crippen LogP contribution in [0.3, 0.4) is 0 Å². The summed E-state index contributed by atoms with van der Waals surface area (Å²) >= 11 is 1.11. The number of fused-ring (bicyclic) bond motifs is 1. The summed E-state index contributed by atoms with van der Waals surface area (Å²) in [4.78, 5) is 24.4. The molecule has 0 aliphatic heterocycles. The maximum atomic E-state index is 13.7. The summed E-state index contributed by atoms with van der Waals surface area (Å²) in [6.07, 6.45) is -1.04. The van der Waals surface area contributed by atoms with E-state index in [0.717, 1.165) is 11.3 Å². The minimum Gasteiger partial charge on any atom is -0.448 e. The molecule has 0 spiro atoms. The summed E-state index contributed by atoms with van der Waals surface area (Å²) in [6, 6.07) is 7.56. The Morgan fingerprint density at radius 2 is 2.17 bits per heavy atom. The third-order valence-electron chi connectivity index (χ3n) is 3.24. The number of thiophene rings is 1. The van der Waals surface area contributed by atoms with Gasteiger partial charge in [0.05, 0.1) is 0 Å². The third-order valence-corrected chi connectivity index (χ3v) is 4.32. The fourth-order valence-electron chi connectivity index (χ4n) is 2.05. The van der Waals surface area contributed by atoms with Crippen molar-refractivity contribution >= 4 is 39.1 Å². The van der Waals surface area contributed by atoms with Crippen LogP contribution in [0.4, 0.5) is 10.2 Å². The van der Waals surface area contributed by atoms with Crippen LogP contribution in [0.5, 0.6) is 0 Å². The van der Waals surface area contributed by atoms with E-state index in [1.54, 1.807) is 25.1 Å². The summed E-state index contributed by atoms with van der Waals surface area (Å²) in [5.74, 6) is -0.847. The predicted molar refractivity (Wildman–Crippen MR) is 86.5 cm³/mol. The molecular weight excluding hydrogens is 335 g/mol. The number of hydrogen-bond donors (Lipinski definition) is 1. The van der Waals surface area contributed by atoms with Crippen molar-refractivity contribution in [3.8, 4) is 0 Å². The van der Waals surface area contributed by atoms with Gasteiger partial charge < -0.3 is 14.6 Å². The Bertz CT molecular complexity index is 918. The van der Waals surface area contributed by atoms with Gasteiger partial charge in [-0.15, -0.1) is 11.3 Å². The minimum atomic E-state index is -1.04. The lowest BCUT2D eigenvalue weighted by molar-refractivity contribution is -0.123. The molecule has 0 bridgehead atoms. The molecule has 0 fully saturated rings. The van der Waals surface area contributed by atoms with Gasteiger partial charge in [-0.1, -0.05) is 11.2 Å². The van der Waals surface area contributed by atoms with Gasteiger partial charge in [0.15, 0.2) is 11.9 Å². The van der Waals surface area contributed by atoms with Crippen LogP contribution in [0.1, 0.15) is 22.4 Å². The van der Waals surface area contributed by atoms with Gasteiger partial charge in [-0.3, -0.25) is 4.79 Å². The van der Waals surface area contributed by atoms with Gasteiger partial charge >= 0.3 is 5.97 Å². The molecular formula is C16H13FN2O4S. The zero-order valence-electron chi connectivity index (χ0n) is 12.8. The number of esters is 1. The molecule has 0 aliphatic rings. The van der Waals surface area contributed by atoms with Crippen molar-refractivity contribution in [2.24, 2.45) is 0 Å². The van der Waals surface area contributed by atoms with E-state index in [4.69, 9.17) is 9.26 Å². The zero-order chi connectivity index (χ0) is 17.3. The number of nitrogens with one attached hydrogen (secondary N) is 1. The maximum Gasteiger partial charge on any atom is 0.349 e. The molecule has 0 saturated heterocycles. The van der Waals surface area contributed by atoms with Crippen molar-refractivity contribution in [3.63, 3.8) is 0 Å². The molecule has 0 saturated carbocycles. The number of nitrogens with zero attached hydrogens (tertiary/aromatic N) is 1. The lowest BCUT2D eigenvalue weighted by Crippen LogP contribution is -2.29. The molecule has 3 aromatic rings. The smallest absolute Gasteiger partial charge is 0.349 e. The van der Waals surface area contributed by atoms with Gasteiger partial charge in [0.1, 0.15) is 16.5 Å². The van der Waals surface area contributed by atoms with Crippen molar-refractivity contribution < 1.29 is 23.2 Å². The van der Waals surface area contributed by atoms with Crippen molar-refractivity contribution in [2.45, 2.75) is 20.0 Å². The number of ether oxygens (including phenoxy) is 1. The lowest BCUT2D eigenvalue weighted by atomic mass is 10.2. The van der Waals surface area contributed by atoms with Crippen molar-refractivity contribution in [1.82, 2.24) is 5.16 Å². The summed E-state index contributed by atoms with van der Waals surface area (Å²) < 4.78 is 24.3. The molecule has 2 heterocycles. The second kappa shape index (κ2) is 6.40. The fraction of sp³-hybridized carbons (Fsp3) is 0.188. The molecule has 0 unspecified atom stereocenters. The first kappa shape index (κ1) is 16.1. The number of anilines is 1. The highest BCUT2D eigenvalue weighted by Crippen LogP contribution is 2.28. The van der Waals surface area contributed by atoms with E-state index in [1.165, 1.54) is 19.1 Å². The molecule has 1 atom stereocenters. The molecule has 8 heteroatoms. The van der Waals surface area contributed by atoms with Crippen LogP contribution in [-0.4, -0.2) is 23.1 Å². The largest absolute Gasteiger partial charge is 0.448 e. The number of benzene rings is 1. The first-order chi connectivity index (χ1) is 11.4. The molecule has 1 aromatic carbocycles. The van der Waals surface area contributed by atoms with Gasteiger partial charge in [-0.05, 0) is 32.0 Å². The van der Waals surface area contributed by atoms with Crippen molar-refractivity contribution in [3.05, 3.63) is 46.8 Å². The highest BCUT2D eigenvalue weighted by Gasteiger charge is 2.21. The van der Waals surface area contributed by atoms with Crippen LogP contribution in [-0.2, 0) is 9.53 Å². The average Bonchev–Trinajstić information content (AvgIpc) is 3.14. The molecule has 0 aliphatic carbocycles. The van der Waals surface area contributed by atoms with E-state index in [-0.39, 0.29) is 10.7 Å². The van der Waals surface area contributed by atoms with E-state index in [9.17, 15) is 14.0 Å². The minimum absolute atomic E-state index is 0.229. The Morgan fingerprint density at radius 3 is 2.83 bits per heavy atom. The second-order valence-corrected chi connectivity index (χ2v) is 6.21. The summed E-state index contributed by atoms with van der Waals surface area (Å²) in [5, 5.41) is 6.46. The van der Waals surface area contributed by atoms with Crippen molar-refractivity contribution in [1.29, 1.82) is 0 Å². The number of amides is 1. The summed E-state index contributed by atoms with van der Waals surface area (Å²) in [6.45, 7) is 3.13. The van der Waals surface area contributed by atoms with Gasteiger partial charge in [0.25, 0.3) is 5.91 Å². The van der Waals surface area contributed by atoms with E-state index in [2.05, 4.69) is 10.5 Å². The Hall–Kier alpha value is -2.74. The maximum absolute atomic E-state index is 13.7. The summed E-state index contributed by atoms with van der Waals surface area (Å²) in [7, 11) is 0. The molecule has 1 N–H and O–H groups in total. The average molecular weight is 348 g/mol. The number of rotatable bonds is 4. The van der Waals surface area contributed by atoms with Crippen LogP contribution >= 0.6 is 11.3 Å². The Balaban J connectivity index is 1.68. The van der Waals surface area contributed by atoms with E-state index in [1.807, 2.05) is 0 Å². The third kappa shape index (κ3) is 3.28. The quantitative estimate of drug-likeness (QED) is 0.730. The van der Waals surface area contributed by atoms with Gasteiger partial charge in [0.2, 0.25) is 0 Å². The van der Waals surface area contributed by atoms with Crippen molar-refractivity contribution in [2.75, 3.05) is 5.32 Å². The van der Waals surface area contributed by atoms with Crippen LogP contribution < -0.4 is 5.32 Å². The van der Waals surface area contributed by atoms with Gasteiger partial charge in [0, 0.05) is 16.2 Å². The summed E-state index contributed by atoms with van der Waals surface area (Å²) in [5.41, 5.74) is 0. The number of halogens is 1. The number of aromatic nitrogens is 1. The Kier molecular flexibility index (Phi) is 4.30. The molecule has 3 rings (SSSR count). The first-order valence-corrected chi connectivity index (χ1v) is 7.89. The van der Waals surface area contributed by atoms with E-state index in [0.29, 0.717) is 15.8 Å². The molecule has 24 heavy (non-hydrogen) atoms. The monoisotopic (exact) mass is 348 g/mol. The van der Waals surface area contributed by atoms with E-state index < -0.39 is 23.8 Å². The van der Waals surface area contributed by atoms with Gasteiger partial charge in [-0.25, -0.2) is 9.18 Å². The fourth-order valence-corrected chi connectivity index (χ4v) is 3.01. The van der Waals surface area contributed by atoms with Crippen LogP contribution in [0.2, 0.25) is 0 Å². The van der Waals surface area contributed by atoms with Crippen LogP contribution in [0.15, 0.2) is 34.9 Å². The Morgan fingerprint density at radius 1 is 1.38 bits per heavy atom. The zero-order valence-corrected chi connectivity index (χ0v) is 13.6. The SMILES string of the molecule is Cc1cc(NC(=O)[C@@H](C)OC(=O)c2cc3c(F)cccc3s2)no1. The van der Waals surface area contributed by atoms with E-state index >= 15 is 0 Å².